The number of aromatic nitrogens is 1. The normalized spacial score (nSPS) is 24.6. The summed E-state index contributed by atoms with van der Waals surface area (Å²) in [7, 11) is 0. The van der Waals surface area contributed by atoms with Gasteiger partial charge in [-0.2, -0.15) is 0 Å². The maximum absolute atomic E-state index is 4.33. The van der Waals surface area contributed by atoms with Gasteiger partial charge in [-0.3, -0.25) is 0 Å². The monoisotopic (exact) mass is 266 g/mol. The van der Waals surface area contributed by atoms with Crippen LogP contribution < -0.4 is 5.32 Å². The third-order valence-electron chi connectivity index (χ3n) is 3.84. The quantitative estimate of drug-likeness (QED) is 0.845. The van der Waals surface area contributed by atoms with Crippen LogP contribution >= 0.6 is 11.3 Å². The van der Waals surface area contributed by atoms with E-state index < -0.39 is 0 Å². The average molecular weight is 266 g/mol. The molecule has 0 bridgehead atoms. The summed E-state index contributed by atoms with van der Waals surface area (Å²) in [5.41, 5.74) is 0. The molecular weight excluding hydrogens is 240 g/mol. The average Bonchev–Trinajstić information content (AvgIpc) is 2.82. The minimum Gasteiger partial charge on any atom is -0.314 e. The zero-order valence-electron chi connectivity index (χ0n) is 11.7. The van der Waals surface area contributed by atoms with Crippen molar-refractivity contribution in [1.82, 2.24) is 10.3 Å². The molecule has 0 aromatic carbocycles. The molecule has 18 heavy (non-hydrogen) atoms. The smallest absolute Gasteiger partial charge is 0.0937 e. The lowest BCUT2D eigenvalue weighted by atomic mass is 9.81. The van der Waals surface area contributed by atoms with Crippen LogP contribution in [0, 0.1) is 11.8 Å². The van der Waals surface area contributed by atoms with E-state index in [0.717, 1.165) is 30.8 Å². The highest BCUT2D eigenvalue weighted by Gasteiger charge is 2.21. The summed E-state index contributed by atoms with van der Waals surface area (Å²) >= 11 is 1.77. The van der Waals surface area contributed by atoms with Gasteiger partial charge in [0.25, 0.3) is 0 Å². The minimum atomic E-state index is 0.752. The molecule has 0 amide bonds. The van der Waals surface area contributed by atoms with Gasteiger partial charge < -0.3 is 5.32 Å². The van der Waals surface area contributed by atoms with Gasteiger partial charge in [0.15, 0.2) is 0 Å². The van der Waals surface area contributed by atoms with E-state index in [2.05, 4.69) is 29.5 Å². The SMILES string of the molecule is CC(C)CC1CCCC(NCCc2nccs2)C1. The van der Waals surface area contributed by atoms with Crippen molar-refractivity contribution in [1.29, 1.82) is 0 Å². The second-order valence-electron chi connectivity index (χ2n) is 5.99. The summed E-state index contributed by atoms with van der Waals surface area (Å²) in [5.74, 6) is 1.81. The summed E-state index contributed by atoms with van der Waals surface area (Å²) in [4.78, 5) is 4.33. The van der Waals surface area contributed by atoms with E-state index in [1.807, 2.05) is 6.20 Å². The molecule has 0 aliphatic heterocycles. The molecule has 1 aromatic rings. The van der Waals surface area contributed by atoms with Crippen molar-refractivity contribution in [2.45, 2.75) is 58.4 Å². The number of hydrogen-bond acceptors (Lipinski definition) is 3. The first-order valence-corrected chi connectivity index (χ1v) is 8.23. The Kier molecular flexibility index (Phi) is 5.64. The predicted octanol–water partition coefficient (Wildman–Crippen LogP) is 3.88. The Morgan fingerprint density at radius 3 is 3.06 bits per heavy atom. The Morgan fingerprint density at radius 2 is 2.33 bits per heavy atom. The predicted molar refractivity (Wildman–Crippen MR) is 79.0 cm³/mol. The van der Waals surface area contributed by atoms with E-state index >= 15 is 0 Å². The topological polar surface area (TPSA) is 24.9 Å². The molecule has 2 nitrogen and oxygen atoms in total. The number of rotatable bonds is 6. The molecule has 1 aliphatic carbocycles. The van der Waals surface area contributed by atoms with Crippen LogP contribution in [0.4, 0.5) is 0 Å². The first-order chi connectivity index (χ1) is 8.74. The Morgan fingerprint density at radius 1 is 1.44 bits per heavy atom. The van der Waals surface area contributed by atoms with Gasteiger partial charge in [-0.05, 0) is 31.1 Å². The fourth-order valence-corrected chi connectivity index (χ4v) is 3.74. The van der Waals surface area contributed by atoms with E-state index in [9.17, 15) is 0 Å². The van der Waals surface area contributed by atoms with Gasteiger partial charge in [-0.25, -0.2) is 4.98 Å². The third-order valence-corrected chi connectivity index (χ3v) is 4.68. The van der Waals surface area contributed by atoms with Crippen molar-refractivity contribution in [3.63, 3.8) is 0 Å². The molecular formula is C15H26N2S. The van der Waals surface area contributed by atoms with Gasteiger partial charge >= 0.3 is 0 Å². The van der Waals surface area contributed by atoms with Crippen LogP contribution in [0.2, 0.25) is 0 Å². The first kappa shape index (κ1) is 14.0. The van der Waals surface area contributed by atoms with Crippen molar-refractivity contribution >= 4 is 11.3 Å². The Hall–Kier alpha value is -0.410. The molecule has 2 unspecified atom stereocenters. The van der Waals surface area contributed by atoms with Crippen LogP contribution in [0.1, 0.15) is 51.0 Å². The molecule has 1 saturated carbocycles. The van der Waals surface area contributed by atoms with E-state index in [-0.39, 0.29) is 0 Å². The maximum atomic E-state index is 4.33. The van der Waals surface area contributed by atoms with Crippen molar-refractivity contribution in [2.24, 2.45) is 11.8 Å². The maximum Gasteiger partial charge on any atom is 0.0937 e. The molecule has 0 spiro atoms. The zero-order chi connectivity index (χ0) is 12.8. The Balaban J connectivity index is 1.66. The summed E-state index contributed by atoms with van der Waals surface area (Å²) in [6.07, 6.45) is 10.0. The van der Waals surface area contributed by atoms with E-state index in [0.29, 0.717) is 0 Å². The molecule has 1 aromatic heterocycles. The zero-order valence-corrected chi connectivity index (χ0v) is 12.5. The summed E-state index contributed by atoms with van der Waals surface area (Å²) in [5, 5.41) is 7.06. The van der Waals surface area contributed by atoms with Gasteiger partial charge in [0.05, 0.1) is 5.01 Å². The molecule has 1 aliphatic rings. The lowest BCUT2D eigenvalue weighted by Gasteiger charge is -2.30. The molecule has 2 rings (SSSR count). The molecule has 1 heterocycles. The highest BCUT2D eigenvalue weighted by molar-refractivity contribution is 7.09. The van der Waals surface area contributed by atoms with E-state index in [1.54, 1.807) is 11.3 Å². The van der Waals surface area contributed by atoms with Gasteiger partial charge in [0, 0.05) is 30.6 Å². The number of hydrogen-bond donors (Lipinski definition) is 1. The molecule has 102 valence electrons. The molecule has 2 atom stereocenters. The molecule has 3 heteroatoms. The minimum absolute atomic E-state index is 0.752. The van der Waals surface area contributed by atoms with Crippen LogP contribution in [0.3, 0.4) is 0 Å². The summed E-state index contributed by atoms with van der Waals surface area (Å²) in [6.45, 7) is 5.78. The van der Waals surface area contributed by atoms with Gasteiger partial charge in [0.2, 0.25) is 0 Å². The van der Waals surface area contributed by atoms with E-state index in [1.165, 1.54) is 37.1 Å². The molecule has 0 radical (unpaired) electrons. The lowest BCUT2D eigenvalue weighted by molar-refractivity contribution is 0.253. The van der Waals surface area contributed by atoms with Gasteiger partial charge in [-0.1, -0.05) is 26.7 Å². The van der Waals surface area contributed by atoms with E-state index in [4.69, 9.17) is 0 Å². The molecule has 0 saturated heterocycles. The van der Waals surface area contributed by atoms with Crippen LogP contribution in [-0.2, 0) is 6.42 Å². The highest BCUT2D eigenvalue weighted by atomic mass is 32.1. The Labute approximate surface area is 115 Å². The van der Waals surface area contributed by atoms with Crippen LogP contribution in [0.5, 0.6) is 0 Å². The van der Waals surface area contributed by atoms with Crippen molar-refractivity contribution < 1.29 is 0 Å². The fourth-order valence-electron chi connectivity index (χ4n) is 3.12. The van der Waals surface area contributed by atoms with Gasteiger partial charge in [-0.15, -0.1) is 11.3 Å². The largest absolute Gasteiger partial charge is 0.314 e. The first-order valence-electron chi connectivity index (χ1n) is 7.35. The van der Waals surface area contributed by atoms with Crippen molar-refractivity contribution in [3.8, 4) is 0 Å². The molecule has 1 N–H and O–H groups in total. The lowest BCUT2D eigenvalue weighted by Crippen LogP contribution is -2.35. The van der Waals surface area contributed by atoms with Crippen LogP contribution in [0.15, 0.2) is 11.6 Å². The summed E-state index contributed by atoms with van der Waals surface area (Å²) < 4.78 is 0. The summed E-state index contributed by atoms with van der Waals surface area (Å²) in [6, 6.07) is 0.752. The highest BCUT2D eigenvalue weighted by Crippen LogP contribution is 2.29. The Bertz CT molecular complexity index is 321. The third kappa shape index (κ3) is 4.69. The van der Waals surface area contributed by atoms with Crippen LogP contribution in [-0.4, -0.2) is 17.6 Å². The fraction of sp³-hybridized carbons (Fsp3) is 0.800. The van der Waals surface area contributed by atoms with Crippen molar-refractivity contribution in [3.05, 3.63) is 16.6 Å². The number of nitrogens with one attached hydrogen (secondary N) is 1. The molecule has 1 fully saturated rings. The second-order valence-corrected chi connectivity index (χ2v) is 6.97. The number of thiazole rings is 1. The standard InChI is InChI=1S/C15H26N2S/c1-12(2)10-13-4-3-5-14(11-13)16-7-6-15-17-8-9-18-15/h8-9,12-14,16H,3-7,10-11H2,1-2H3. The van der Waals surface area contributed by atoms with Crippen molar-refractivity contribution in [2.75, 3.05) is 6.54 Å². The van der Waals surface area contributed by atoms with Gasteiger partial charge in [0.1, 0.15) is 0 Å². The second kappa shape index (κ2) is 7.25. The van der Waals surface area contributed by atoms with Crippen LogP contribution in [0.25, 0.3) is 0 Å². The number of nitrogens with zero attached hydrogens (tertiary/aromatic N) is 1.